The molecule has 0 spiro atoms. The number of carbonyl (C=O) groups is 1. The smallest absolute Gasteiger partial charge is 0.317 e. The number of aliphatic carboxylic acids is 1. The van der Waals surface area contributed by atoms with Crippen molar-refractivity contribution in [3.8, 4) is 0 Å². The lowest BCUT2D eigenvalue weighted by Crippen LogP contribution is -2.52. The van der Waals surface area contributed by atoms with Crippen molar-refractivity contribution in [3.05, 3.63) is 11.6 Å². The number of carboxylic acid groups (broad SMARTS) is 1. The maximum Gasteiger partial charge on any atom is 0.317 e. The number of nitrogens with one attached hydrogen (secondary N) is 1. The van der Waals surface area contributed by atoms with E-state index in [0.29, 0.717) is 16.9 Å². The number of hydrogen-bond acceptors (Lipinski definition) is 2. The van der Waals surface area contributed by atoms with Gasteiger partial charge < -0.3 is 10.4 Å². The van der Waals surface area contributed by atoms with E-state index in [4.69, 9.17) is 5.11 Å². The minimum absolute atomic E-state index is 0.0930. The molecule has 33 heavy (non-hydrogen) atoms. The fraction of sp³-hybridized carbons (Fsp3) is 0.900. The van der Waals surface area contributed by atoms with Crippen LogP contribution in [0, 0.1) is 52.3 Å². The predicted octanol–water partition coefficient (Wildman–Crippen LogP) is 7.32. The lowest BCUT2D eigenvalue weighted by molar-refractivity contribution is -0.136. The molecule has 0 aromatic rings. The molecule has 4 aliphatic carbocycles. The molecule has 0 aromatic carbocycles. The van der Waals surface area contributed by atoms with Crippen molar-refractivity contribution in [2.45, 2.75) is 112 Å². The minimum Gasteiger partial charge on any atom is -0.480 e. The summed E-state index contributed by atoms with van der Waals surface area (Å²) in [5.41, 5.74) is 2.52. The van der Waals surface area contributed by atoms with Gasteiger partial charge in [0.2, 0.25) is 0 Å². The second-order valence-electron chi connectivity index (χ2n) is 13.6. The van der Waals surface area contributed by atoms with Crippen molar-refractivity contribution in [2.24, 2.45) is 52.3 Å². The Morgan fingerprint density at radius 2 is 1.91 bits per heavy atom. The van der Waals surface area contributed by atoms with Crippen LogP contribution in [0.5, 0.6) is 0 Å². The van der Waals surface area contributed by atoms with Crippen LogP contribution in [0.3, 0.4) is 0 Å². The highest BCUT2D eigenvalue weighted by molar-refractivity contribution is 5.69. The van der Waals surface area contributed by atoms with Crippen LogP contribution in [0.2, 0.25) is 0 Å². The number of fused-ring (bicyclic) bond motifs is 5. The summed E-state index contributed by atoms with van der Waals surface area (Å²) in [7, 11) is 0. The molecule has 3 nitrogen and oxygen atoms in total. The zero-order valence-electron chi connectivity index (χ0n) is 22.3. The molecule has 2 N–H and O–H groups in total. The summed E-state index contributed by atoms with van der Waals surface area (Å²) in [6.45, 7) is 15.2. The lowest BCUT2D eigenvalue weighted by atomic mass is 9.46. The van der Waals surface area contributed by atoms with Gasteiger partial charge in [-0.25, -0.2) is 0 Å². The first kappa shape index (κ1) is 25.3. The fourth-order valence-corrected chi connectivity index (χ4v) is 9.71. The number of rotatable bonds is 8. The standard InChI is InChI=1S/C30H51NO2/c1-19(2)8-7-9-20(3)28-21(4)16-26-24-11-10-22-17-23(31-18-27(32)33)12-14-29(22,5)25(24)13-15-30(26,28)6/h10,19-21,23-26,28,31H,7-9,11-18H2,1-6H3,(H,32,33)/t20-,21+,23?,24?,25?,26?,28?,29?,30?/m1/s1. The molecule has 0 aromatic heterocycles. The van der Waals surface area contributed by atoms with Gasteiger partial charge in [0.1, 0.15) is 0 Å². The van der Waals surface area contributed by atoms with Crippen LogP contribution in [-0.4, -0.2) is 23.7 Å². The average molecular weight is 458 g/mol. The maximum atomic E-state index is 11.0. The van der Waals surface area contributed by atoms with Crippen LogP contribution in [0.4, 0.5) is 0 Å². The molecule has 3 fully saturated rings. The Balaban J connectivity index is 1.48. The van der Waals surface area contributed by atoms with Crippen LogP contribution in [0.25, 0.3) is 0 Å². The normalized spacial score (nSPS) is 43.4. The van der Waals surface area contributed by atoms with Gasteiger partial charge in [-0.2, -0.15) is 0 Å². The van der Waals surface area contributed by atoms with Crippen molar-refractivity contribution >= 4 is 5.97 Å². The van der Waals surface area contributed by atoms with Gasteiger partial charge in [-0.15, -0.1) is 0 Å². The summed E-state index contributed by atoms with van der Waals surface area (Å²) in [5, 5.41) is 12.4. The highest BCUT2D eigenvalue weighted by Gasteiger charge is 2.60. The number of carboxylic acids is 1. The Bertz CT molecular complexity index is 744. The Kier molecular flexibility index (Phi) is 7.40. The summed E-state index contributed by atoms with van der Waals surface area (Å²) in [4.78, 5) is 11.0. The summed E-state index contributed by atoms with van der Waals surface area (Å²) in [6.07, 6.45) is 15.8. The van der Waals surface area contributed by atoms with Gasteiger partial charge in [0.15, 0.2) is 0 Å². The third-order valence-corrected chi connectivity index (χ3v) is 11.1. The topological polar surface area (TPSA) is 49.3 Å². The van der Waals surface area contributed by atoms with Gasteiger partial charge in [-0.05, 0) is 97.2 Å². The molecule has 0 aliphatic heterocycles. The molecule has 0 saturated heterocycles. The van der Waals surface area contributed by atoms with Crippen molar-refractivity contribution in [1.82, 2.24) is 5.32 Å². The van der Waals surface area contributed by atoms with Crippen LogP contribution in [-0.2, 0) is 4.79 Å². The van der Waals surface area contributed by atoms with Crippen molar-refractivity contribution in [1.29, 1.82) is 0 Å². The molecule has 3 saturated carbocycles. The molecule has 3 heteroatoms. The molecule has 4 aliphatic rings. The van der Waals surface area contributed by atoms with Crippen LogP contribution in [0.1, 0.15) is 106 Å². The highest BCUT2D eigenvalue weighted by Crippen LogP contribution is 2.68. The van der Waals surface area contributed by atoms with Crippen molar-refractivity contribution < 1.29 is 9.90 Å². The molecule has 0 amide bonds. The number of hydrogen-bond donors (Lipinski definition) is 2. The maximum absolute atomic E-state index is 11.0. The van der Waals surface area contributed by atoms with E-state index in [1.54, 1.807) is 5.57 Å². The predicted molar refractivity (Wildman–Crippen MR) is 137 cm³/mol. The molecule has 4 rings (SSSR count). The van der Waals surface area contributed by atoms with E-state index in [1.807, 2.05) is 0 Å². The Morgan fingerprint density at radius 1 is 1.15 bits per heavy atom. The van der Waals surface area contributed by atoms with Crippen LogP contribution >= 0.6 is 0 Å². The zero-order chi connectivity index (χ0) is 24.0. The van der Waals surface area contributed by atoms with Crippen LogP contribution in [0.15, 0.2) is 11.6 Å². The van der Waals surface area contributed by atoms with E-state index < -0.39 is 5.97 Å². The van der Waals surface area contributed by atoms with Crippen molar-refractivity contribution in [3.63, 3.8) is 0 Å². The quantitative estimate of drug-likeness (QED) is 0.375. The number of allylic oxidation sites excluding steroid dienone is 1. The van der Waals surface area contributed by atoms with Gasteiger partial charge in [-0.1, -0.05) is 72.5 Å². The third-order valence-electron chi connectivity index (χ3n) is 11.1. The highest BCUT2D eigenvalue weighted by atomic mass is 16.4. The largest absolute Gasteiger partial charge is 0.480 e. The fourth-order valence-electron chi connectivity index (χ4n) is 9.71. The van der Waals surface area contributed by atoms with Gasteiger partial charge in [0.25, 0.3) is 0 Å². The van der Waals surface area contributed by atoms with E-state index in [0.717, 1.165) is 54.3 Å². The van der Waals surface area contributed by atoms with E-state index in [9.17, 15) is 4.79 Å². The van der Waals surface area contributed by atoms with E-state index in [-0.39, 0.29) is 6.54 Å². The Hall–Kier alpha value is -0.830. The van der Waals surface area contributed by atoms with Crippen LogP contribution < -0.4 is 5.32 Å². The van der Waals surface area contributed by atoms with E-state index in [2.05, 4.69) is 52.9 Å². The summed E-state index contributed by atoms with van der Waals surface area (Å²) < 4.78 is 0. The molecule has 0 bridgehead atoms. The first-order valence-corrected chi connectivity index (χ1v) is 14.2. The SMILES string of the molecule is CC(C)CCC[C@@H](C)C1[C@@H](C)CC2C3CC=C4CC(NCC(=O)O)CCC4(C)C3CCC21C. The van der Waals surface area contributed by atoms with E-state index in [1.165, 1.54) is 51.4 Å². The van der Waals surface area contributed by atoms with E-state index >= 15 is 0 Å². The Labute approximate surface area is 203 Å². The molecule has 0 heterocycles. The summed E-state index contributed by atoms with van der Waals surface area (Å²) >= 11 is 0. The lowest BCUT2D eigenvalue weighted by Gasteiger charge is -2.58. The van der Waals surface area contributed by atoms with Crippen molar-refractivity contribution in [2.75, 3.05) is 6.54 Å². The minimum atomic E-state index is -0.740. The summed E-state index contributed by atoms with van der Waals surface area (Å²) in [6, 6.07) is 0.341. The molecule has 188 valence electrons. The molecule has 0 radical (unpaired) electrons. The molecular formula is C30H51NO2. The summed E-state index contributed by atoms with van der Waals surface area (Å²) in [5.74, 6) is 5.28. The van der Waals surface area contributed by atoms with Gasteiger partial charge in [0, 0.05) is 6.04 Å². The molecular weight excluding hydrogens is 406 g/mol. The van der Waals surface area contributed by atoms with Gasteiger partial charge in [0.05, 0.1) is 6.54 Å². The first-order valence-electron chi connectivity index (χ1n) is 14.2. The average Bonchev–Trinajstić information content (AvgIpc) is 3.01. The zero-order valence-corrected chi connectivity index (χ0v) is 22.3. The first-order chi connectivity index (χ1) is 15.6. The Morgan fingerprint density at radius 3 is 2.61 bits per heavy atom. The molecule has 9 atom stereocenters. The van der Waals surface area contributed by atoms with Gasteiger partial charge in [-0.3, -0.25) is 4.79 Å². The monoisotopic (exact) mass is 457 g/mol. The molecule has 7 unspecified atom stereocenters. The second kappa shape index (κ2) is 9.67. The third kappa shape index (κ3) is 4.69. The van der Waals surface area contributed by atoms with Gasteiger partial charge >= 0.3 is 5.97 Å². The second-order valence-corrected chi connectivity index (χ2v) is 13.6.